The highest BCUT2D eigenvalue weighted by atomic mass is 16.6. The summed E-state index contributed by atoms with van der Waals surface area (Å²) >= 11 is 0. The summed E-state index contributed by atoms with van der Waals surface area (Å²) in [5.74, 6) is 2.81. The van der Waals surface area contributed by atoms with Crippen molar-refractivity contribution in [2.24, 2.45) is 0 Å². The molecule has 4 heteroatoms. The van der Waals surface area contributed by atoms with E-state index >= 15 is 0 Å². The molecule has 0 N–H and O–H groups in total. The zero-order valence-electron chi connectivity index (χ0n) is 13.0. The lowest BCUT2D eigenvalue weighted by Crippen LogP contribution is -2.60. The summed E-state index contributed by atoms with van der Waals surface area (Å²) in [6, 6.07) is 0.229. The lowest BCUT2D eigenvalue weighted by atomic mass is 10.00. The van der Waals surface area contributed by atoms with Crippen LogP contribution in [0.15, 0.2) is 0 Å². The van der Waals surface area contributed by atoms with Crippen LogP contribution in [0.5, 0.6) is 0 Å². The van der Waals surface area contributed by atoms with Gasteiger partial charge in [0, 0.05) is 25.7 Å². The first kappa shape index (κ1) is 15.8. The van der Waals surface area contributed by atoms with Gasteiger partial charge >= 0.3 is 6.09 Å². The Morgan fingerprint density at radius 3 is 2.26 bits per heavy atom. The number of hydrogen-bond donors (Lipinski definition) is 0. The first-order valence-corrected chi connectivity index (χ1v) is 6.79. The van der Waals surface area contributed by atoms with E-state index in [9.17, 15) is 4.79 Å². The van der Waals surface area contributed by atoms with Crippen LogP contribution < -0.4 is 0 Å². The molecule has 1 rings (SSSR count). The standard InChI is InChI=1S/C15H26N2O2/c1-8-15(6,7)17-10-9-16(11-12(17)2)13(18)19-14(3,4)5/h1,12H,9-11H2,2-7H3. The molecule has 1 heterocycles. The zero-order valence-corrected chi connectivity index (χ0v) is 13.0. The van der Waals surface area contributed by atoms with E-state index in [2.05, 4.69) is 17.7 Å². The van der Waals surface area contributed by atoms with Gasteiger partial charge in [-0.1, -0.05) is 5.92 Å². The highest BCUT2D eigenvalue weighted by Crippen LogP contribution is 2.22. The molecule has 1 aliphatic heterocycles. The third-order valence-electron chi connectivity index (χ3n) is 3.35. The summed E-state index contributed by atoms with van der Waals surface area (Å²) in [5.41, 5.74) is -0.727. The molecule has 1 amide bonds. The second kappa shape index (κ2) is 5.42. The van der Waals surface area contributed by atoms with E-state index in [1.54, 1.807) is 4.90 Å². The van der Waals surface area contributed by atoms with E-state index in [1.807, 2.05) is 34.6 Å². The average molecular weight is 266 g/mol. The van der Waals surface area contributed by atoms with Gasteiger partial charge in [-0.25, -0.2) is 4.79 Å². The Bertz CT molecular complexity index is 377. The topological polar surface area (TPSA) is 32.8 Å². The number of ether oxygens (including phenoxy) is 1. The van der Waals surface area contributed by atoms with Crippen LogP contribution in [0.3, 0.4) is 0 Å². The molecular formula is C15H26N2O2. The number of carbonyl (C=O) groups excluding carboxylic acids is 1. The molecule has 19 heavy (non-hydrogen) atoms. The fourth-order valence-electron chi connectivity index (χ4n) is 2.36. The first-order valence-electron chi connectivity index (χ1n) is 6.79. The summed E-state index contributed by atoms with van der Waals surface area (Å²) in [4.78, 5) is 16.1. The van der Waals surface area contributed by atoms with Crippen LogP contribution >= 0.6 is 0 Å². The van der Waals surface area contributed by atoms with Gasteiger partial charge in [0.2, 0.25) is 0 Å². The van der Waals surface area contributed by atoms with E-state index in [-0.39, 0.29) is 17.7 Å². The number of carbonyl (C=O) groups is 1. The average Bonchev–Trinajstić information content (AvgIpc) is 2.26. The summed E-state index contributed by atoms with van der Waals surface area (Å²) in [7, 11) is 0. The van der Waals surface area contributed by atoms with Crippen molar-refractivity contribution >= 4 is 6.09 Å². The second-order valence-corrected chi connectivity index (χ2v) is 6.67. The van der Waals surface area contributed by atoms with Crippen molar-refractivity contribution in [3.05, 3.63) is 0 Å². The van der Waals surface area contributed by atoms with Crippen molar-refractivity contribution in [3.63, 3.8) is 0 Å². The molecule has 0 radical (unpaired) electrons. The Hall–Kier alpha value is -1.21. The number of hydrogen-bond acceptors (Lipinski definition) is 3. The van der Waals surface area contributed by atoms with Gasteiger partial charge in [0.15, 0.2) is 0 Å². The Kier molecular flexibility index (Phi) is 4.52. The van der Waals surface area contributed by atoms with Crippen LogP contribution in [0, 0.1) is 12.3 Å². The second-order valence-electron chi connectivity index (χ2n) is 6.67. The summed E-state index contributed by atoms with van der Waals surface area (Å²) in [6.07, 6.45) is 5.34. The van der Waals surface area contributed by atoms with Gasteiger partial charge in [0.05, 0.1) is 5.54 Å². The van der Waals surface area contributed by atoms with Gasteiger partial charge in [-0.05, 0) is 41.5 Å². The summed E-state index contributed by atoms with van der Waals surface area (Å²) in [5, 5.41) is 0. The number of piperazine rings is 1. The monoisotopic (exact) mass is 266 g/mol. The van der Waals surface area contributed by atoms with Crippen molar-refractivity contribution in [3.8, 4) is 12.3 Å². The molecule has 0 spiro atoms. The Morgan fingerprint density at radius 1 is 1.26 bits per heavy atom. The maximum atomic E-state index is 12.0. The minimum absolute atomic E-state index is 0.229. The van der Waals surface area contributed by atoms with Crippen molar-refractivity contribution in [1.82, 2.24) is 9.80 Å². The molecule has 0 aliphatic carbocycles. The fourth-order valence-corrected chi connectivity index (χ4v) is 2.36. The van der Waals surface area contributed by atoms with Crippen LogP contribution in [0.2, 0.25) is 0 Å². The third kappa shape index (κ3) is 4.14. The highest BCUT2D eigenvalue weighted by Gasteiger charge is 2.35. The van der Waals surface area contributed by atoms with Crippen LogP contribution in [0.4, 0.5) is 4.79 Å². The fraction of sp³-hybridized carbons (Fsp3) is 0.800. The number of amides is 1. The molecule has 0 aromatic carbocycles. The molecule has 1 unspecified atom stereocenters. The van der Waals surface area contributed by atoms with Gasteiger partial charge < -0.3 is 9.64 Å². The molecule has 1 fully saturated rings. The van der Waals surface area contributed by atoms with E-state index in [1.165, 1.54) is 0 Å². The largest absolute Gasteiger partial charge is 0.444 e. The van der Waals surface area contributed by atoms with E-state index in [0.717, 1.165) is 6.54 Å². The third-order valence-corrected chi connectivity index (χ3v) is 3.35. The van der Waals surface area contributed by atoms with Crippen LogP contribution in [-0.2, 0) is 4.74 Å². The molecule has 1 aliphatic rings. The highest BCUT2D eigenvalue weighted by molar-refractivity contribution is 5.68. The van der Waals surface area contributed by atoms with E-state index in [4.69, 9.17) is 11.2 Å². The number of rotatable bonds is 1. The van der Waals surface area contributed by atoms with Gasteiger partial charge in [0.1, 0.15) is 5.60 Å². The Labute approximate surface area is 117 Å². The summed E-state index contributed by atoms with van der Waals surface area (Å²) < 4.78 is 5.40. The van der Waals surface area contributed by atoms with Crippen molar-refractivity contribution < 1.29 is 9.53 Å². The summed E-state index contributed by atoms with van der Waals surface area (Å²) in [6.45, 7) is 13.9. The first-order chi connectivity index (χ1) is 8.57. The zero-order chi connectivity index (χ0) is 14.8. The van der Waals surface area contributed by atoms with Gasteiger partial charge in [-0.3, -0.25) is 4.90 Å². The lowest BCUT2D eigenvalue weighted by Gasteiger charge is -2.45. The maximum Gasteiger partial charge on any atom is 0.410 e. The lowest BCUT2D eigenvalue weighted by molar-refractivity contribution is -0.00652. The van der Waals surface area contributed by atoms with Crippen LogP contribution in [0.25, 0.3) is 0 Å². The Balaban J connectivity index is 2.65. The quantitative estimate of drug-likeness (QED) is 0.683. The minimum atomic E-state index is -0.449. The van der Waals surface area contributed by atoms with Crippen molar-refractivity contribution in [2.45, 2.75) is 58.7 Å². The van der Waals surface area contributed by atoms with E-state index in [0.29, 0.717) is 13.1 Å². The number of terminal acetylenes is 1. The molecule has 1 saturated heterocycles. The predicted octanol–water partition coefficient (Wildman–Crippen LogP) is 2.34. The van der Waals surface area contributed by atoms with Crippen molar-refractivity contribution in [2.75, 3.05) is 19.6 Å². The maximum absolute atomic E-state index is 12.0. The van der Waals surface area contributed by atoms with E-state index < -0.39 is 5.60 Å². The van der Waals surface area contributed by atoms with Gasteiger partial charge in [-0.15, -0.1) is 6.42 Å². The molecule has 0 saturated carbocycles. The van der Waals surface area contributed by atoms with Gasteiger partial charge in [-0.2, -0.15) is 0 Å². The smallest absolute Gasteiger partial charge is 0.410 e. The van der Waals surface area contributed by atoms with Crippen LogP contribution in [-0.4, -0.2) is 52.7 Å². The predicted molar refractivity (Wildman–Crippen MR) is 76.9 cm³/mol. The van der Waals surface area contributed by atoms with Crippen LogP contribution in [0.1, 0.15) is 41.5 Å². The molecule has 0 aromatic heterocycles. The molecule has 108 valence electrons. The molecular weight excluding hydrogens is 240 g/mol. The normalized spacial score (nSPS) is 21.9. The molecule has 0 aromatic rings. The SMILES string of the molecule is C#CC(C)(C)N1CCN(C(=O)OC(C)(C)C)CC1C. The number of nitrogens with zero attached hydrogens (tertiary/aromatic N) is 2. The minimum Gasteiger partial charge on any atom is -0.444 e. The molecule has 1 atom stereocenters. The molecule has 0 bridgehead atoms. The Morgan fingerprint density at radius 2 is 1.84 bits per heavy atom. The van der Waals surface area contributed by atoms with Crippen molar-refractivity contribution in [1.29, 1.82) is 0 Å². The van der Waals surface area contributed by atoms with Gasteiger partial charge in [0.25, 0.3) is 0 Å². The molecule has 4 nitrogen and oxygen atoms in total.